The van der Waals surface area contributed by atoms with Gasteiger partial charge in [-0.1, -0.05) is 41.4 Å². The number of ether oxygens (including phenoxy) is 1. The predicted octanol–water partition coefficient (Wildman–Crippen LogP) is 5.17. The second-order valence-corrected chi connectivity index (χ2v) is 7.57. The van der Waals surface area contributed by atoms with E-state index in [-0.39, 0.29) is 11.9 Å². The van der Waals surface area contributed by atoms with Crippen molar-refractivity contribution >= 4 is 17.5 Å². The van der Waals surface area contributed by atoms with Crippen molar-refractivity contribution in [3.05, 3.63) is 64.7 Å². The van der Waals surface area contributed by atoms with Gasteiger partial charge in [-0.25, -0.2) is 0 Å². The number of carbonyl (C=O) groups excluding carboxylic acids is 1. The Balaban J connectivity index is 1.77. The zero-order valence-corrected chi connectivity index (χ0v) is 15.7. The summed E-state index contributed by atoms with van der Waals surface area (Å²) < 4.78 is 5.98. The summed E-state index contributed by atoms with van der Waals surface area (Å²) in [4.78, 5) is 15.1. The quantitative estimate of drug-likeness (QED) is 0.755. The van der Waals surface area contributed by atoms with Gasteiger partial charge in [-0.15, -0.1) is 0 Å². The standard InChI is InChI=1S/C21H24ClNO2/c1-15-6-8-16(9-7-15)19-5-4-14-23(19)20(24)21(2,3)25-18-12-10-17(22)11-13-18/h6-13,19H,4-5,14H2,1-3H3. The third-order valence-corrected chi connectivity index (χ3v) is 4.93. The van der Waals surface area contributed by atoms with E-state index in [0.29, 0.717) is 10.8 Å². The number of amides is 1. The number of benzene rings is 2. The molecule has 1 amide bonds. The smallest absolute Gasteiger partial charge is 0.266 e. The Morgan fingerprint density at radius 2 is 1.76 bits per heavy atom. The number of hydrogen-bond acceptors (Lipinski definition) is 2. The van der Waals surface area contributed by atoms with Gasteiger partial charge < -0.3 is 9.64 Å². The summed E-state index contributed by atoms with van der Waals surface area (Å²) in [6.07, 6.45) is 2.01. The molecule has 1 aliphatic rings. The van der Waals surface area contributed by atoms with Crippen LogP contribution in [0, 0.1) is 6.92 Å². The minimum absolute atomic E-state index is 0.0190. The largest absolute Gasteiger partial charge is 0.478 e. The Morgan fingerprint density at radius 1 is 1.12 bits per heavy atom. The van der Waals surface area contributed by atoms with Crippen LogP contribution in [-0.2, 0) is 4.79 Å². The van der Waals surface area contributed by atoms with Crippen LogP contribution in [0.1, 0.15) is 43.9 Å². The highest BCUT2D eigenvalue weighted by atomic mass is 35.5. The summed E-state index contributed by atoms with van der Waals surface area (Å²) in [5.74, 6) is 0.666. The molecule has 3 nitrogen and oxygen atoms in total. The van der Waals surface area contributed by atoms with Crippen LogP contribution in [0.25, 0.3) is 0 Å². The molecule has 4 heteroatoms. The molecule has 132 valence electrons. The first-order valence-electron chi connectivity index (χ1n) is 8.69. The van der Waals surface area contributed by atoms with Crippen LogP contribution >= 0.6 is 11.6 Å². The maximum absolute atomic E-state index is 13.2. The van der Waals surface area contributed by atoms with Gasteiger partial charge in [0.25, 0.3) is 5.91 Å². The molecule has 0 aromatic heterocycles. The van der Waals surface area contributed by atoms with Gasteiger partial charge in [-0.05, 0) is 63.4 Å². The van der Waals surface area contributed by atoms with E-state index < -0.39 is 5.60 Å². The lowest BCUT2D eigenvalue weighted by molar-refractivity contribution is -0.146. The van der Waals surface area contributed by atoms with Crippen molar-refractivity contribution in [2.24, 2.45) is 0 Å². The van der Waals surface area contributed by atoms with Gasteiger partial charge in [-0.2, -0.15) is 0 Å². The average molecular weight is 358 g/mol. The molecule has 1 fully saturated rings. The fourth-order valence-corrected chi connectivity index (χ4v) is 3.46. The SMILES string of the molecule is Cc1ccc(C2CCCN2C(=O)C(C)(C)Oc2ccc(Cl)cc2)cc1. The molecule has 1 unspecified atom stereocenters. The first kappa shape index (κ1) is 17.8. The maximum atomic E-state index is 13.2. The molecular weight excluding hydrogens is 334 g/mol. The van der Waals surface area contributed by atoms with Crippen LogP contribution in [0.4, 0.5) is 0 Å². The van der Waals surface area contributed by atoms with Gasteiger partial charge in [0.2, 0.25) is 0 Å². The molecule has 3 rings (SSSR count). The Kier molecular flexibility index (Phi) is 5.05. The summed E-state index contributed by atoms with van der Waals surface area (Å²) in [6.45, 7) is 6.50. The first-order valence-corrected chi connectivity index (χ1v) is 9.07. The molecular formula is C21H24ClNO2. The van der Waals surface area contributed by atoms with Crippen molar-refractivity contribution in [3.8, 4) is 5.75 Å². The third-order valence-electron chi connectivity index (χ3n) is 4.68. The van der Waals surface area contributed by atoms with E-state index >= 15 is 0 Å². The van der Waals surface area contributed by atoms with Crippen molar-refractivity contribution in [2.45, 2.75) is 45.3 Å². The van der Waals surface area contributed by atoms with Crippen molar-refractivity contribution in [3.63, 3.8) is 0 Å². The summed E-state index contributed by atoms with van der Waals surface area (Å²) in [5, 5.41) is 0.649. The predicted molar refractivity (Wildman–Crippen MR) is 101 cm³/mol. The number of nitrogens with zero attached hydrogens (tertiary/aromatic N) is 1. The van der Waals surface area contributed by atoms with E-state index in [1.807, 2.05) is 18.7 Å². The highest BCUT2D eigenvalue weighted by Crippen LogP contribution is 2.34. The lowest BCUT2D eigenvalue weighted by atomic mass is 10.0. The minimum atomic E-state index is -0.929. The van der Waals surface area contributed by atoms with E-state index in [1.54, 1.807) is 24.3 Å². The molecule has 1 aliphatic heterocycles. The highest BCUT2D eigenvalue weighted by Gasteiger charge is 2.39. The molecule has 0 spiro atoms. The number of halogens is 1. The second-order valence-electron chi connectivity index (χ2n) is 7.13. The lowest BCUT2D eigenvalue weighted by Crippen LogP contribution is -2.48. The Bertz CT molecular complexity index is 737. The molecule has 0 bridgehead atoms. The number of aryl methyl sites for hydroxylation is 1. The van der Waals surface area contributed by atoms with Gasteiger partial charge in [0, 0.05) is 11.6 Å². The van der Waals surface area contributed by atoms with Gasteiger partial charge in [-0.3, -0.25) is 4.79 Å². The average Bonchev–Trinajstić information content (AvgIpc) is 3.06. The van der Waals surface area contributed by atoms with Crippen molar-refractivity contribution in [2.75, 3.05) is 6.54 Å². The van der Waals surface area contributed by atoms with Crippen molar-refractivity contribution < 1.29 is 9.53 Å². The third kappa shape index (κ3) is 3.98. The summed E-state index contributed by atoms with van der Waals surface area (Å²) in [5.41, 5.74) is 1.49. The first-order chi connectivity index (χ1) is 11.9. The van der Waals surface area contributed by atoms with E-state index in [1.165, 1.54) is 11.1 Å². The molecule has 0 N–H and O–H groups in total. The number of rotatable bonds is 4. The topological polar surface area (TPSA) is 29.5 Å². The summed E-state index contributed by atoms with van der Waals surface area (Å²) in [6, 6.07) is 15.7. The second kappa shape index (κ2) is 7.09. The molecule has 25 heavy (non-hydrogen) atoms. The van der Waals surface area contributed by atoms with Gasteiger partial charge in [0.05, 0.1) is 6.04 Å². The summed E-state index contributed by atoms with van der Waals surface area (Å²) >= 11 is 5.92. The zero-order valence-electron chi connectivity index (χ0n) is 15.0. The molecule has 2 aromatic rings. The molecule has 0 radical (unpaired) electrons. The summed E-state index contributed by atoms with van der Waals surface area (Å²) in [7, 11) is 0. The van der Waals surface area contributed by atoms with Crippen molar-refractivity contribution in [1.82, 2.24) is 4.90 Å². The normalized spacial score (nSPS) is 17.6. The van der Waals surface area contributed by atoms with E-state index in [4.69, 9.17) is 16.3 Å². The van der Waals surface area contributed by atoms with Crippen LogP contribution < -0.4 is 4.74 Å². The van der Waals surface area contributed by atoms with Crippen LogP contribution in [-0.4, -0.2) is 23.0 Å². The van der Waals surface area contributed by atoms with Crippen molar-refractivity contribution in [1.29, 1.82) is 0 Å². The van der Waals surface area contributed by atoms with Crippen LogP contribution in [0.5, 0.6) is 5.75 Å². The minimum Gasteiger partial charge on any atom is -0.478 e. The van der Waals surface area contributed by atoms with E-state index in [9.17, 15) is 4.79 Å². The van der Waals surface area contributed by atoms with Crippen LogP contribution in [0.3, 0.4) is 0 Å². The maximum Gasteiger partial charge on any atom is 0.266 e. The number of hydrogen-bond donors (Lipinski definition) is 0. The Labute approximate surface area is 154 Å². The fourth-order valence-electron chi connectivity index (χ4n) is 3.33. The lowest BCUT2D eigenvalue weighted by Gasteiger charge is -2.33. The van der Waals surface area contributed by atoms with E-state index in [2.05, 4.69) is 31.2 Å². The monoisotopic (exact) mass is 357 g/mol. The molecule has 1 heterocycles. The zero-order chi connectivity index (χ0) is 18.0. The van der Waals surface area contributed by atoms with E-state index in [0.717, 1.165) is 19.4 Å². The number of carbonyl (C=O) groups is 1. The van der Waals surface area contributed by atoms with Gasteiger partial charge in [0.15, 0.2) is 5.60 Å². The molecule has 1 atom stereocenters. The van der Waals surface area contributed by atoms with Crippen LogP contribution in [0.2, 0.25) is 5.02 Å². The van der Waals surface area contributed by atoms with Crippen LogP contribution in [0.15, 0.2) is 48.5 Å². The van der Waals surface area contributed by atoms with Gasteiger partial charge >= 0.3 is 0 Å². The molecule has 1 saturated heterocycles. The van der Waals surface area contributed by atoms with Gasteiger partial charge in [0.1, 0.15) is 5.75 Å². The number of likely N-dealkylation sites (tertiary alicyclic amines) is 1. The molecule has 0 saturated carbocycles. The Morgan fingerprint density at radius 3 is 2.40 bits per heavy atom. The molecule has 0 aliphatic carbocycles. The Hall–Kier alpha value is -2.00. The molecule has 2 aromatic carbocycles. The highest BCUT2D eigenvalue weighted by molar-refractivity contribution is 6.30. The fraction of sp³-hybridized carbons (Fsp3) is 0.381.